The zero-order valence-corrected chi connectivity index (χ0v) is 17.2. The molecule has 0 bridgehead atoms. The average molecular weight is 430 g/mol. The van der Waals surface area contributed by atoms with Gasteiger partial charge in [0.1, 0.15) is 0 Å². The van der Waals surface area contributed by atoms with Crippen LogP contribution in [-0.2, 0) is 26.6 Å². The van der Waals surface area contributed by atoms with E-state index in [4.69, 9.17) is 0 Å². The number of benzene rings is 3. The Morgan fingerprint density at radius 3 is 1.48 bits per heavy atom. The molecule has 3 aromatic rings. The van der Waals surface area contributed by atoms with Crippen LogP contribution in [0.5, 0.6) is 0 Å². The Bertz CT molecular complexity index is 1140. The molecule has 8 heteroatoms. The summed E-state index contributed by atoms with van der Waals surface area (Å²) in [5.41, 5.74) is 0.895. The fourth-order valence-electron chi connectivity index (χ4n) is 2.71. The van der Waals surface area contributed by atoms with Crippen molar-refractivity contribution in [1.29, 1.82) is 0 Å². The molecular weight excluding hydrogens is 410 g/mol. The van der Waals surface area contributed by atoms with Gasteiger partial charge in [-0.15, -0.1) is 0 Å². The van der Waals surface area contributed by atoms with Gasteiger partial charge in [0.05, 0.1) is 16.3 Å². The molecule has 0 saturated carbocycles. The molecule has 0 fully saturated rings. The van der Waals surface area contributed by atoms with Gasteiger partial charge in [0, 0.05) is 5.56 Å². The number of Topliss-reactive ketones (excluding diaryl/α,β-unsaturated/α-hetero) is 1. The molecule has 0 heterocycles. The van der Waals surface area contributed by atoms with E-state index in [0.717, 1.165) is 0 Å². The summed E-state index contributed by atoms with van der Waals surface area (Å²) in [4.78, 5) is 11.2. The number of sulfonamides is 2. The van der Waals surface area contributed by atoms with Crippen molar-refractivity contribution < 1.29 is 21.6 Å². The molecule has 0 amide bonds. The molecule has 0 aliphatic rings. The molecule has 0 aliphatic carbocycles. The largest absolute Gasteiger partial charge is 0.295 e. The highest BCUT2D eigenvalue weighted by Crippen LogP contribution is 2.26. The van der Waals surface area contributed by atoms with E-state index in [2.05, 4.69) is 0 Å². The maximum atomic E-state index is 13.2. The van der Waals surface area contributed by atoms with E-state index in [-0.39, 0.29) is 15.6 Å². The van der Waals surface area contributed by atoms with Crippen molar-refractivity contribution in [3.8, 4) is 0 Å². The maximum absolute atomic E-state index is 13.2. The van der Waals surface area contributed by atoms with Gasteiger partial charge in [-0.3, -0.25) is 4.79 Å². The van der Waals surface area contributed by atoms with Gasteiger partial charge in [-0.2, -0.15) is 0 Å². The Hall–Kier alpha value is -2.81. The van der Waals surface area contributed by atoms with Crippen LogP contribution in [0.2, 0.25) is 0 Å². The molecule has 0 unspecified atom stereocenters. The number of carbonyl (C=O) groups excluding carboxylic acids is 1. The summed E-state index contributed by atoms with van der Waals surface area (Å²) in [6.45, 7) is 1.02. The third-order valence-electron chi connectivity index (χ3n) is 4.29. The lowest BCUT2D eigenvalue weighted by atomic mass is 10.1. The lowest BCUT2D eigenvalue weighted by molar-refractivity contribution is 0.101. The molecule has 3 aromatic carbocycles. The van der Waals surface area contributed by atoms with Crippen molar-refractivity contribution in [1.82, 2.24) is 3.71 Å². The molecule has 6 nitrogen and oxygen atoms in total. The van der Waals surface area contributed by atoms with Crippen LogP contribution in [0.1, 0.15) is 22.8 Å². The zero-order chi connectivity index (χ0) is 21.1. The first kappa shape index (κ1) is 20.9. The summed E-state index contributed by atoms with van der Waals surface area (Å²) >= 11 is 0. The third-order valence-corrected chi connectivity index (χ3v) is 8.53. The van der Waals surface area contributed by atoms with Gasteiger partial charge >= 0.3 is 0 Å². The van der Waals surface area contributed by atoms with Gasteiger partial charge in [0.15, 0.2) is 5.78 Å². The Labute approximate surface area is 170 Å². The number of ketones is 1. The Kier molecular flexibility index (Phi) is 5.97. The molecule has 0 radical (unpaired) electrons. The van der Waals surface area contributed by atoms with Crippen LogP contribution in [0.4, 0.5) is 0 Å². The van der Waals surface area contributed by atoms with Gasteiger partial charge in [-0.1, -0.05) is 64.4 Å². The van der Waals surface area contributed by atoms with Crippen molar-refractivity contribution >= 4 is 25.8 Å². The molecule has 0 spiro atoms. The van der Waals surface area contributed by atoms with E-state index < -0.39 is 26.6 Å². The van der Waals surface area contributed by atoms with E-state index in [9.17, 15) is 21.6 Å². The number of carbonyl (C=O) groups is 1. The first-order valence-electron chi connectivity index (χ1n) is 8.71. The molecule has 150 valence electrons. The molecule has 0 N–H and O–H groups in total. The number of rotatable bonds is 7. The standard InChI is InChI=1S/C21H19NO5S2/c1-17(23)19-14-12-18(13-15-19)16-22(28(24,25)20-8-4-2-5-9-20)29(26,27)21-10-6-3-7-11-21/h2-15H,16H2,1H3. The highest BCUT2D eigenvalue weighted by Gasteiger charge is 2.36. The second-order valence-corrected chi connectivity index (χ2v) is 10.3. The van der Waals surface area contributed by atoms with Crippen LogP contribution < -0.4 is 0 Å². The third kappa shape index (κ3) is 4.45. The van der Waals surface area contributed by atoms with E-state index in [1.807, 2.05) is 0 Å². The van der Waals surface area contributed by atoms with Gasteiger partial charge in [-0.05, 0) is 36.8 Å². The highest BCUT2D eigenvalue weighted by molar-refractivity contribution is 8.04. The first-order chi connectivity index (χ1) is 13.7. The van der Waals surface area contributed by atoms with Gasteiger partial charge in [0.25, 0.3) is 20.0 Å². The summed E-state index contributed by atoms with van der Waals surface area (Å²) in [5, 5.41) is 0. The molecule has 0 saturated heterocycles. The Morgan fingerprint density at radius 2 is 1.10 bits per heavy atom. The van der Waals surface area contributed by atoms with Crippen LogP contribution in [0.25, 0.3) is 0 Å². The second kappa shape index (κ2) is 8.28. The predicted molar refractivity (Wildman–Crippen MR) is 109 cm³/mol. The van der Waals surface area contributed by atoms with Crippen LogP contribution in [0.15, 0.2) is 94.7 Å². The predicted octanol–water partition coefficient (Wildman–Crippen LogP) is 3.47. The molecule has 3 rings (SSSR count). The lowest BCUT2D eigenvalue weighted by Gasteiger charge is -2.22. The monoisotopic (exact) mass is 429 g/mol. The maximum Gasteiger partial charge on any atom is 0.256 e. The quantitative estimate of drug-likeness (QED) is 0.537. The fraction of sp³-hybridized carbons (Fsp3) is 0.0952. The normalized spacial score (nSPS) is 12.1. The zero-order valence-electron chi connectivity index (χ0n) is 15.6. The van der Waals surface area contributed by atoms with E-state index in [1.165, 1.54) is 55.5 Å². The van der Waals surface area contributed by atoms with Gasteiger partial charge in [0.2, 0.25) is 0 Å². The van der Waals surface area contributed by atoms with Gasteiger partial charge in [-0.25, -0.2) is 16.8 Å². The summed E-state index contributed by atoms with van der Waals surface area (Å²) < 4.78 is 53.4. The Balaban J connectivity index is 2.10. The molecule has 0 atom stereocenters. The fourth-order valence-corrected chi connectivity index (χ4v) is 6.37. The van der Waals surface area contributed by atoms with Gasteiger partial charge < -0.3 is 0 Å². The van der Waals surface area contributed by atoms with E-state index in [1.54, 1.807) is 36.4 Å². The number of hydrogen-bond acceptors (Lipinski definition) is 5. The SMILES string of the molecule is CC(=O)c1ccc(CN(S(=O)(=O)c2ccccc2)S(=O)(=O)c2ccccc2)cc1. The highest BCUT2D eigenvalue weighted by atomic mass is 32.3. The average Bonchev–Trinajstić information content (AvgIpc) is 2.73. The second-order valence-electron chi connectivity index (χ2n) is 6.32. The smallest absolute Gasteiger partial charge is 0.256 e. The van der Waals surface area contributed by atoms with Crippen molar-refractivity contribution in [2.45, 2.75) is 23.3 Å². The minimum absolute atomic E-state index is 0.125. The summed E-state index contributed by atoms with van der Waals surface area (Å²) in [6.07, 6.45) is 0. The van der Waals surface area contributed by atoms with E-state index in [0.29, 0.717) is 14.8 Å². The van der Waals surface area contributed by atoms with Crippen LogP contribution >= 0.6 is 0 Å². The van der Waals surface area contributed by atoms with Crippen LogP contribution in [0.3, 0.4) is 0 Å². The molecule has 29 heavy (non-hydrogen) atoms. The minimum Gasteiger partial charge on any atom is -0.295 e. The Morgan fingerprint density at radius 1 is 0.690 bits per heavy atom. The number of hydrogen-bond donors (Lipinski definition) is 0. The number of nitrogens with zero attached hydrogens (tertiary/aromatic N) is 1. The van der Waals surface area contributed by atoms with Crippen LogP contribution in [-0.4, -0.2) is 26.3 Å². The van der Waals surface area contributed by atoms with Crippen molar-refractivity contribution in [2.75, 3.05) is 0 Å². The molecule has 0 aromatic heterocycles. The van der Waals surface area contributed by atoms with Crippen molar-refractivity contribution in [3.05, 3.63) is 96.1 Å². The lowest BCUT2D eigenvalue weighted by Crippen LogP contribution is -2.36. The molecule has 0 aliphatic heterocycles. The van der Waals surface area contributed by atoms with Crippen molar-refractivity contribution in [3.63, 3.8) is 0 Å². The van der Waals surface area contributed by atoms with E-state index >= 15 is 0 Å². The summed E-state index contributed by atoms with van der Waals surface area (Å²) in [6, 6.07) is 21.0. The van der Waals surface area contributed by atoms with Crippen molar-refractivity contribution in [2.24, 2.45) is 0 Å². The summed E-state index contributed by atoms with van der Waals surface area (Å²) in [7, 11) is -8.71. The first-order valence-corrected chi connectivity index (χ1v) is 11.6. The topological polar surface area (TPSA) is 88.6 Å². The minimum atomic E-state index is -4.35. The van der Waals surface area contributed by atoms with Crippen LogP contribution in [0, 0.1) is 0 Å². The molecular formula is C21H19NO5S2. The summed E-state index contributed by atoms with van der Waals surface area (Å²) in [5.74, 6) is -0.137.